The number of imidazole rings is 1. The van der Waals surface area contributed by atoms with Crippen LogP contribution in [0.2, 0.25) is 0 Å². The number of fused-ring (bicyclic) bond motifs is 1. The number of aliphatic hydroxyl groups excluding tert-OH is 1. The van der Waals surface area contributed by atoms with Crippen molar-refractivity contribution in [1.82, 2.24) is 24.5 Å². The number of hydrogen-bond donors (Lipinski definition) is 3. The van der Waals surface area contributed by atoms with Gasteiger partial charge in [0.25, 0.3) is 11.8 Å². The summed E-state index contributed by atoms with van der Waals surface area (Å²) in [5.41, 5.74) is 3.00. The summed E-state index contributed by atoms with van der Waals surface area (Å²) < 4.78 is 23.2. The highest BCUT2D eigenvalue weighted by Gasteiger charge is 2.24. The summed E-state index contributed by atoms with van der Waals surface area (Å²) >= 11 is 0. The largest absolute Gasteiger partial charge is 0.386 e. The summed E-state index contributed by atoms with van der Waals surface area (Å²) in [7, 11) is 3.29. The molecule has 0 aliphatic rings. The first-order valence-electron chi connectivity index (χ1n) is 12.4. The van der Waals surface area contributed by atoms with E-state index >= 15 is 0 Å². The molecule has 0 fully saturated rings. The summed E-state index contributed by atoms with van der Waals surface area (Å²) in [6.45, 7) is 0.0448. The lowest BCUT2D eigenvalue weighted by Gasteiger charge is -2.24. The Bertz CT molecular complexity index is 1670. The van der Waals surface area contributed by atoms with Gasteiger partial charge in [-0.15, -0.1) is 0 Å². The molecule has 2 aromatic carbocycles. The topological polar surface area (TPSA) is 123 Å². The Morgan fingerprint density at radius 2 is 1.88 bits per heavy atom. The number of carbonyl (C=O) groups is 2. The Kier molecular flexibility index (Phi) is 7.67. The van der Waals surface area contributed by atoms with E-state index in [1.807, 2.05) is 31.3 Å². The summed E-state index contributed by atoms with van der Waals surface area (Å²) in [5, 5.41) is 20.2. The van der Waals surface area contributed by atoms with Gasteiger partial charge >= 0.3 is 0 Å². The van der Waals surface area contributed by atoms with E-state index in [9.17, 15) is 19.1 Å². The van der Waals surface area contributed by atoms with Crippen LogP contribution in [0.4, 0.5) is 10.1 Å². The number of hydrogen-bond acceptors (Lipinski definition) is 6. The predicted octanol–water partition coefficient (Wildman–Crippen LogP) is 3.60. The van der Waals surface area contributed by atoms with E-state index in [0.29, 0.717) is 11.2 Å². The van der Waals surface area contributed by atoms with Gasteiger partial charge in [-0.05, 0) is 42.0 Å². The van der Waals surface area contributed by atoms with Crippen LogP contribution in [0.3, 0.4) is 0 Å². The highest BCUT2D eigenvalue weighted by molar-refractivity contribution is 6.04. The number of aromatic nitrogens is 4. The number of carbonyl (C=O) groups excluding carboxylic acids is 2. The number of pyridine rings is 1. The van der Waals surface area contributed by atoms with Crippen LogP contribution in [0.5, 0.6) is 0 Å². The van der Waals surface area contributed by atoms with Crippen molar-refractivity contribution in [2.75, 3.05) is 19.0 Å². The van der Waals surface area contributed by atoms with Crippen LogP contribution in [-0.4, -0.2) is 55.8 Å². The Morgan fingerprint density at radius 3 is 2.60 bits per heavy atom. The molecule has 40 heavy (non-hydrogen) atoms. The van der Waals surface area contributed by atoms with E-state index in [1.165, 1.54) is 25.4 Å². The molecule has 3 aromatic heterocycles. The van der Waals surface area contributed by atoms with E-state index in [0.717, 1.165) is 17.3 Å². The number of rotatable bonds is 9. The third-order valence-electron chi connectivity index (χ3n) is 6.52. The molecular weight excluding hydrogens is 515 g/mol. The maximum absolute atomic E-state index is 14.7. The highest BCUT2D eigenvalue weighted by Crippen LogP contribution is 2.23. The van der Waals surface area contributed by atoms with Crippen molar-refractivity contribution in [3.05, 3.63) is 108 Å². The summed E-state index contributed by atoms with van der Waals surface area (Å²) in [5.74, 6) is -1.88. The van der Waals surface area contributed by atoms with Gasteiger partial charge in [-0.25, -0.2) is 9.37 Å². The second-order valence-electron chi connectivity index (χ2n) is 9.17. The van der Waals surface area contributed by atoms with Crippen molar-refractivity contribution in [2.45, 2.75) is 12.1 Å². The summed E-state index contributed by atoms with van der Waals surface area (Å²) in [4.78, 5) is 30.5. The molecule has 2 amide bonds. The predicted molar refractivity (Wildman–Crippen MR) is 146 cm³/mol. The van der Waals surface area contributed by atoms with Gasteiger partial charge < -0.3 is 20.5 Å². The van der Waals surface area contributed by atoms with Crippen molar-refractivity contribution >= 4 is 23.1 Å². The minimum atomic E-state index is -1.03. The van der Waals surface area contributed by atoms with Crippen LogP contribution >= 0.6 is 0 Å². The Morgan fingerprint density at radius 1 is 1.07 bits per heavy atom. The zero-order valence-electron chi connectivity index (χ0n) is 21.8. The van der Waals surface area contributed by atoms with Crippen molar-refractivity contribution in [1.29, 1.82) is 0 Å². The lowest BCUT2D eigenvalue weighted by molar-refractivity contribution is 0.0594. The number of aryl methyl sites for hydroxylation is 1. The molecular formula is C29H27FN6O4. The monoisotopic (exact) mass is 542 g/mol. The lowest BCUT2D eigenvalue weighted by atomic mass is 10.0. The van der Waals surface area contributed by atoms with E-state index in [1.54, 1.807) is 45.7 Å². The van der Waals surface area contributed by atoms with Gasteiger partial charge in [-0.3, -0.25) is 18.7 Å². The molecule has 204 valence electrons. The van der Waals surface area contributed by atoms with E-state index in [4.69, 9.17) is 4.74 Å². The quantitative estimate of drug-likeness (QED) is 0.262. The van der Waals surface area contributed by atoms with E-state index < -0.39 is 29.8 Å². The average Bonchev–Trinajstić information content (AvgIpc) is 3.59. The van der Waals surface area contributed by atoms with Crippen LogP contribution in [0.15, 0.2) is 85.3 Å². The molecule has 0 unspecified atom stereocenters. The lowest BCUT2D eigenvalue weighted by Crippen LogP contribution is -2.42. The van der Waals surface area contributed by atoms with Crippen LogP contribution in [0, 0.1) is 5.82 Å². The number of ether oxygens (including phenoxy) is 1. The van der Waals surface area contributed by atoms with Crippen molar-refractivity contribution in [3.63, 3.8) is 0 Å². The molecule has 5 rings (SSSR count). The van der Waals surface area contributed by atoms with Crippen molar-refractivity contribution in [3.8, 4) is 11.3 Å². The molecule has 11 heteroatoms. The summed E-state index contributed by atoms with van der Waals surface area (Å²) in [6, 6.07) is 17.2. The fourth-order valence-corrected chi connectivity index (χ4v) is 4.44. The number of nitrogens with one attached hydrogen (secondary N) is 2. The SMILES string of the molecule is COC[C@H](NC(=O)c1ccc(F)c(NC(=O)c2cnc3cc(-c4ccnn4C)ccn23)c1)[C@@H](O)c1ccccc1. The molecule has 0 saturated carbocycles. The third kappa shape index (κ3) is 5.46. The number of nitrogens with zero attached hydrogens (tertiary/aromatic N) is 4. The molecule has 2 atom stereocenters. The van der Waals surface area contributed by atoms with Gasteiger partial charge in [-0.1, -0.05) is 30.3 Å². The maximum Gasteiger partial charge on any atom is 0.274 e. The fraction of sp³-hybridized carbons (Fsp3) is 0.172. The van der Waals surface area contributed by atoms with Gasteiger partial charge in [0.2, 0.25) is 0 Å². The number of halogens is 1. The van der Waals surface area contributed by atoms with Gasteiger partial charge in [0.05, 0.1) is 30.2 Å². The van der Waals surface area contributed by atoms with E-state index in [-0.39, 0.29) is 23.6 Å². The number of anilines is 1. The second kappa shape index (κ2) is 11.5. The van der Waals surface area contributed by atoms with Gasteiger partial charge in [0.1, 0.15) is 23.3 Å². The molecule has 0 spiro atoms. The molecule has 0 radical (unpaired) electrons. The fourth-order valence-electron chi connectivity index (χ4n) is 4.44. The van der Waals surface area contributed by atoms with Crippen molar-refractivity contribution < 1.29 is 23.8 Å². The molecule has 0 saturated heterocycles. The summed E-state index contributed by atoms with van der Waals surface area (Å²) in [6.07, 6.45) is 3.76. The average molecular weight is 543 g/mol. The Hall–Kier alpha value is -4.87. The molecule has 0 aliphatic heterocycles. The normalized spacial score (nSPS) is 12.7. The molecule has 5 aromatic rings. The first-order chi connectivity index (χ1) is 19.4. The first kappa shape index (κ1) is 26.7. The number of benzene rings is 2. The third-order valence-corrected chi connectivity index (χ3v) is 6.52. The van der Waals surface area contributed by atoms with Gasteiger partial charge in [0, 0.05) is 37.7 Å². The highest BCUT2D eigenvalue weighted by atomic mass is 19.1. The van der Waals surface area contributed by atoms with Gasteiger partial charge in [-0.2, -0.15) is 5.10 Å². The van der Waals surface area contributed by atoms with E-state index in [2.05, 4.69) is 20.7 Å². The molecule has 10 nitrogen and oxygen atoms in total. The number of aliphatic hydroxyl groups is 1. The molecule has 0 bridgehead atoms. The number of amides is 2. The van der Waals surface area contributed by atoms with Crippen LogP contribution in [-0.2, 0) is 11.8 Å². The zero-order valence-corrected chi connectivity index (χ0v) is 21.8. The van der Waals surface area contributed by atoms with Crippen LogP contribution in [0.1, 0.15) is 32.5 Å². The Balaban J connectivity index is 1.33. The van der Waals surface area contributed by atoms with Crippen LogP contribution in [0.25, 0.3) is 16.9 Å². The maximum atomic E-state index is 14.7. The second-order valence-corrected chi connectivity index (χ2v) is 9.17. The number of methoxy groups -OCH3 is 1. The van der Waals surface area contributed by atoms with Gasteiger partial charge in [0.15, 0.2) is 0 Å². The van der Waals surface area contributed by atoms with Crippen LogP contribution < -0.4 is 10.6 Å². The first-order valence-corrected chi connectivity index (χ1v) is 12.4. The minimum absolute atomic E-state index is 0.0448. The molecule has 0 aliphatic carbocycles. The van der Waals surface area contributed by atoms with Crippen molar-refractivity contribution in [2.24, 2.45) is 7.05 Å². The standard InChI is InChI=1S/C29H27FN6O4/c1-35-24(10-12-32-35)19-11-13-36-25(16-31-26(36)15-19)29(39)33-22-14-20(8-9-21(22)30)28(38)34-23(17-40-2)27(37)18-6-4-3-5-7-18/h3-16,23,27,37H,17H2,1-2H3,(H,33,39)(H,34,38)/t23-,27-/m0/s1. The molecule has 3 N–H and O–H groups in total. The smallest absolute Gasteiger partial charge is 0.274 e. The minimum Gasteiger partial charge on any atom is -0.386 e. The zero-order chi connectivity index (χ0) is 28.2. The molecule has 3 heterocycles. The Labute approximate surface area is 229 Å².